The number of hydrogen-bond acceptors (Lipinski definition) is 4. The van der Waals surface area contributed by atoms with Crippen LogP contribution in [0.4, 0.5) is 4.39 Å². The predicted octanol–water partition coefficient (Wildman–Crippen LogP) is 4.78. The Morgan fingerprint density at radius 2 is 1.96 bits per heavy atom. The molecule has 2 aromatic carbocycles. The highest BCUT2D eigenvalue weighted by Gasteiger charge is 2.28. The number of nitrogens with zero attached hydrogens (tertiary/aromatic N) is 3. The molecule has 1 fully saturated rings. The van der Waals surface area contributed by atoms with Gasteiger partial charge in [-0.05, 0) is 49.9 Å². The minimum Gasteiger partial charge on any atom is -0.339 e. The third-order valence-electron chi connectivity index (χ3n) is 5.03. The fourth-order valence-electron chi connectivity index (χ4n) is 3.29. The Hall–Kier alpha value is -2.53. The average Bonchev–Trinajstić information content (AvgIpc) is 3.42. The lowest BCUT2D eigenvalue weighted by Gasteiger charge is -2.21. The lowest BCUT2D eigenvalue weighted by molar-refractivity contribution is 0.247. The van der Waals surface area contributed by atoms with E-state index < -0.39 is 0 Å². The van der Waals surface area contributed by atoms with E-state index >= 15 is 0 Å². The second kappa shape index (κ2) is 8.01. The van der Waals surface area contributed by atoms with Crippen molar-refractivity contribution in [3.05, 3.63) is 71.4 Å². The number of rotatable bonds is 8. The van der Waals surface area contributed by atoms with Crippen LogP contribution in [-0.2, 0) is 13.0 Å². The molecule has 4 rings (SSSR count). The molecule has 0 bridgehead atoms. The molecule has 1 heterocycles. The molecule has 0 radical (unpaired) electrons. The molecule has 0 unspecified atom stereocenters. The molecule has 0 saturated heterocycles. The monoisotopic (exact) mass is 365 g/mol. The molecular formula is C22H24FN3O. The topological polar surface area (TPSA) is 42.2 Å². The van der Waals surface area contributed by atoms with Crippen LogP contribution in [0, 0.1) is 12.7 Å². The lowest BCUT2D eigenvalue weighted by Crippen LogP contribution is -2.27. The predicted molar refractivity (Wildman–Crippen MR) is 103 cm³/mol. The van der Waals surface area contributed by atoms with Crippen molar-refractivity contribution in [2.45, 2.75) is 45.2 Å². The molecule has 3 aromatic rings. The van der Waals surface area contributed by atoms with E-state index in [1.54, 1.807) is 13.0 Å². The van der Waals surface area contributed by atoms with E-state index in [0.717, 1.165) is 25.9 Å². The van der Waals surface area contributed by atoms with Crippen LogP contribution in [0.3, 0.4) is 0 Å². The largest absolute Gasteiger partial charge is 0.339 e. The molecule has 0 N–H and O–H groups in total. The van der Waals surface area contributed by atoms with Crippen LogP contribution in [-0.4, -0.2) is 27.6 Å². The molecule has 27 heavy (non-hydrogen) atoms. The van der Waals surface area contributed by atoms with Gasteiger partial charge in [0.1, 0.15) is 5.82 Å². The van der Waals surface area contributed by atoms with Gasteiger partial charge in [0.05, 0.1) is 0 Å². The van der Waals surface area contributed by atoms with Gasteiger partial charge in [0, 0.05) is 24.6 Å². The van der Waals surface area contributed by atoms with Crippen LogP contribution in [0.1, 0.15) is 36.3 Å². The van der Waals surface area contributed by atoms with Crippen molar-refractivity contribution in [3.63, 3.8) is 0 Å². The van der Waals surface area contributed by atoms with E-state index in [2.05, 4.69) is 45.4 Å². The Kier molecular flexibility index (Phi) is 5.30. The molecule has 140 valence electrons. The highest BCUT2D eigenvalue weighted by atomic mass is 19.1. The molecule has 5 heteroatoms. The van der Waals surface area contributed by atoms with Gasteiger partial charge >= 0.3 is 0 Å². The molecule has 0 amide bonds. The minimum atomic E-state index is -0.250. The first-order chi connectivity index (χ1) is 13.2. The van der Waals surface area contributed by atoms with Gasteiger partial charge in [-0.25, -0.2) is 4.39 Å². The summed E-state index contributed by atoms with van der Waals surface area (Å²) in [6.07, 6.45) is 4.28. The van der Waals surface area contributed by atoms with Gasteiger partial charge in [-0.15, -0.1) is 0 Å². The summed E-state index contributed by atoms with van der Waals surface area (Å²) < 4.78 is 19.1. The fraction of sp³-hybridized carbons (Fsp3) is 0.364. The van der Waals surface area contributed by atoms with Crippen molar-refractivity contribution in [2.24, 2.45) is 0 Å². The van der Waals surface area contributed by atoms with Crippen LogP contribution in [0.25, 0.3) is 11.4 Å². The Morgan fingerprint density at radius 3 is 2.70 bits per heavy atom. The maximum Gasteiger partial charge on any atom is 0.227 e. The van der Waals surface area contributed by atoms with E-state index in [1.165, 1.54) is 24.5 Å². The van der Waals surface area contributed by atoms with Crippen LogP contribution in [0.15, 0.2) is 53.1 Å². The zero-order valence-electron chi connectivity index (χ0n) is 15.6. The Morgan fingerprint density at radius 1 is 1.15 bits per heavy atom. The molecule has 1 aromatic heterocycles. The van der Waals surface area contributed by atoms with Crippen LogP contribution in [0.5, 0.6) is 0 Å². The zero-order chi connectivity index (χ0) is 18.6. The van der Waals surface area contributed by atoms with Gasteiger partial charge in [-0.3, -0.25) is 4.90 Å². The highest BCUT2D eigenvalue weighted by Crippen LogP contribution is 2.28. The normalized spacial score (nSPS) is 14.0. The summed E-state index contributed by atoms with van der Waals surface area (Å²) in [7, 11) is 0. The van der Waals surface area contributed by atoms with Crippen molar-refractivity contribution < 1.29 is 8.91 Å². The molecule has 1 saturated carbocycles. The second-order valence-corrected chi connectivity index (χ2v) is 7.27. The van der Waals surface area contributed by atoms with Crippen molar-refractivity contribution in [3.8, 4) is 11.4 Å². The first-order valence-corrected chi connectivity index (χ1v) is 9.56. The number of halogens is 1. The van der Waals surface area contributed by atoms with Gasteiger partial charge in [0.2, 0.25) is 11.7 Å². The summed E-state index contributed by atoms with van der Waals surface area (Å²) in [6.45, 7) is 3.74. The molecule has 0 spiro atoms. The Bertz CT molecular complexity index is 890. The van der Waals surface area contributed by atoms with E-state index in [1.807, 2.05) is 6.07 Å². The fourth-order valence-corrected chi connectivity index (χ4v) is 3.29. The molecule has 1 aliphatic carbocycles. The minimum absolute atomic E-state index is 0.250. The molecule has 1 aliphatic rings. The third kappa shape index (κ3) is 4.61. The summed E-state index contributed by atoms with van der Waals surface area (Å²) in [5, 5.41) is 4.00. The van der Waals surface area contributed by atoms with Crippen molar-refractivity contribution in [1.82, 2.24) is 15.0 Å². The van der Waals surface area contributed by atoms with Gasteiger partial charge < -0.3 is 4.52 Å². The lowest BCUT2D eigenvalue weighted by atomic mass is 10.1. The van der Waals surface area contributed by atoms with Crippen molar-refractivity contribution in [2.75, 3.05) is 6.54 Å². The van der Waals surface area contributed by atoms with E-state index in [0.29, 0.717) is 28.9 Å². The van der Waals surface area contributed by atoms with Crippen LogP contribution in [0.2, 0.25) is 0 Å². The first kappa shape index (κ1) is 17.9. The summed E-state index contributed by atoms with van der Waals surface area (Å²) in [5.41, 5.74) is 2.61. The average molecular weight is 365 g/mol. The van der Waals surface area contributed by atoms with Crippen molar-refractivity contribution >= 4 is 0 Å². The summed E-state index contributed by atoms with van der Waals surface area (Å²) in [4.78, 5) is 6.97. The van der Waals surface area contributed by atoms with Crippen molar-refractivity contribution in [1.29, 1.82) is 0 Å². The zero-order valence-corrected chi connectivity index (χ0v) is 15.6. The molecule has 4 nitrogen and oxygen atoms in total. The molecular weight excluding hydrogens is 341 g/mol. The summed E-state index contributed by atoms with van der Waals surface area (Å²) in [6, 6.07) is 16.3. The quantitative estimate of drug-likeness (QED) is 0.576. The van der Waals surface area contributed by atoms with Crippen LogP contribution >= 0.6 is 0 Å². The summed E-state index contributed by atoms with van der Waals surface area (Å²) >= 11 is 0. The van der Waals surface area contributed by atoms with E-state index in [9.17, 15) is 4.39 Å². The smallest absolute Gasteiger partial charge is 0.227 e. The summed E-state index contributed by atoms with van der Waals surface area (Å²) in [5.74, 6) is 0.813. The van der Waals surface area contributed by atoms with E-state index in [4.69, 9.17) is 4.52 Å². The second-order valence-electron chi connectivity index (χ2n) is 7.27. The maximum absolute atomic E-state index is 13.7. The number of benzene rings is 2. The maximum atomic E-state index is 13.7. The van der Waals surface area contributed by atoms with Gasteiger partial charge in [0.25, 0.3) is 0 Å². The van der Waals surface area contributed by atoms with Gasteiger partial charge in [-0.2, -0.15) is 4.98 Å². The molecule has 0 aliphatic heterocycles. The number of hydrogen-bond donors (Lipinski definition) is 0. The highest BCUT2D eigenvalue weighted by molar-refractivity contribution is 5.54. The van der Waals surface area contributed by atoms with E-state index in [-0.39, 0.29) is 5.82 Å². The van der Waals surface area contributed by atoms with Crippen LogP contribution < -0.4 is 0 Å². The number of aromatic nitrogens is 2. The van der Waals surface area contributed by atoms with Gasteiger partial charge in [0.15, 0.2) is 0 Å². The Balaban J connectivity index is 1.33. The molecule has 0 atom stereocenters. The third-order valence-corrected chi connectivity index (χ3v) is 5.03. The SMILES string of the molecule is Cc1ccc(-c2noc(CCCN(Cc3ccccc3)C3CC3)n2)cc1F. The Labute approximate surface area is 159 Å². The first-order valence-electron chi connectivity index (χ1n) is 9.56. The number of aryl methyl sites for hydroxylation is 2. The standard InChI is InChI=1S/C22H24FN3O/c1-16-9-10-18(14-20(16)23)22-24-21(27-25-22)8-5-13-26(19-11-12-19)15-17-6-3-2-4-7-17/h2-4,6-7,9-10,14,19H,5,8,11-13,15H2,1H3. The van der Waals surface area contributed by atoms with Gasteiger partial charge in [-0.1, -0.05) is 47.6 Å².